The fourth-order valence-electron chi connectivity index (χ4n) is 1.52. The van der Waals surface area contributed by atoms with Crippen LogP contribution in [0.4, 0.5) is 0 Å². The van der Waals surface area contributed by atoms with Gasteiger partial charge in [0.05, 0.1) is 6.20 Å². The van der Waals surface area contributed by atoms with Crippen molar-refractivity contribution in [3.63, 3.8) is 0 Å². The van der Waals surface area contributed by atoms with Crippen LogP contribution >= 0.6 is 0 Å². The van der Waals surface area contributed by atoms with Gasteiger partial charge in [-0.15, -0.1) is 0 Å². The van der Waals surface area contributed by atoms with Crippen molar-refractivity contribution in [2.45, 2.75) is 45.3 Å². The lowest BCUT2D eigenvalue weighted by molar-refractivity contribution is -0.124. The van der Waals surface area contributed by atoms with E-state index >= 15 is 0 Å². The molecule has 5 nitrogen and oxygen atoms in total. The molecule has 100 valence electrons. The quantitative estimate of drug-likeness (QED) is 0.756. The number of carbonyl (C=O) groups is 1. The maximum atomic E-state index is 11.0. The number of carbonyl (C=O) groups excluding carboxylic acids is 1. The van der Waals surface area contributed by atoms with E-state index in [-0.39, 0.29) is 6.04 Å². The van der Waals surface area contributed by atoms with Gasteiger partial charge in [0, 0.05) is 18.2 Å². The number of hydrogen-bond donors (Lipinski definition) is 2. The predicted octanol–water partition coefficient (Wildman–Crippen LogP) is 1.00. The van der Waals surface area contributed by atoms with E-state index in [1.54, 1.807) is 12.3 Å². The molecule has 1 aromatic heterocycles. The van der Waals surface area contributed by atoms with E-state index in [4.69, 9.17) is 16.2 Å². The maximum absolute atomic E-state index is 11.0. The summed E-state index contributed by atoms with van der Waals surface area (Å²) in [7, 11) is 0. The van der Waals surface area contributed by atoms with Crippen LogP contribution in [0.2, 0.25) is 0 Å². The van der Waals surface area contributed by atoms with Crippen LogP contribution in [0.25, 0.3) is 0 Å². The Balaban J connectivity index is 2.62. The molecule has 18 heavy (non-hydrogen) atoms. The second-order valence-corrected chi connectivity index (χ2v) is 4.27. The summed E-state index contributed by atoms with van der Waals surface area (Å²) < 4.78 is 5.44. The summed E-state index contributed by atoms with van der Waals surface area (Å²) in [5, 5.41) is 0. The standard InChI is InChI=1S/C13H21N3O2/c1-3-9(14)7-10-5-6-11(8-16-10)18-12(4-2)13(15)17/h5-6,8-9,12H,3-4,7,14H2,1-2H3,(H2,15,17). The van der Waals surface area contributed by atoms with Gasteiger partial charge < -0.3 is 16.2 Å². The average molecular weight is 251 g/mol. The normalized spacial score (nSPS) is 13.9. The first-order valence-corrected chi connectivity index (χ1v) is 6.23. The molecule has 0 saturated heterocycles. The lowest BCUT2D eigenvalue weighted by atomic mass is 10.1. The molecule has 1 heterocycles. The van der Waals surface area contributed by atoms with Gasteiger partial charge in [0.25, 0.3) is 5.91 Å². The second-order valence-electron chi connectivity index (χ2n) is 4.27. The number of aromatic nitrogens is 1. The first-order chi connectivity index (χ1) is 8.56. The highest BCUT2D eigenvalue weighted by atomic mass is 16.5. The van der Waals surface area contributed by atoms with Gasteiger partial charge in [0.2, 0.25) is 0 Å². The minimum absolute atomic E-state index is 0.123. The van der Waals surface area contributed by atoms with Crippen LogP contribution < -0.4 is 16.2 Å². The summed E-state index contributed by atoms with van der Waals surface area (Å²) in [5.74, 6) is 0.0871. The van der Waals surface area contributed by atoms with Gasteiger partial charge >= 0.3 is 0 Å². The molecule has 0 spiro atoms. The van der Waals surface area contributed by atoms with E-state index in [0.717, 1.165) is 18.5 Å². The van der Waals surface area contributed by atoms with Gasteiger partial charge in [-0.3, -0.25) is 9.78 Å². The number of amides is 1. The highest BCUT2D eigenvalue weighted by Crippen LogP contribution is 2.13. The van der Waals surface area contributed by atoms with Crippen LogP contribution in [0.15, 0.2) is 18.3 Å². The number of nitrogens with two attached hydrogens (primary N) is 2. The Morgan fingerprint density at radius 2 is 2.11 bits per heavy atom. The molecule has 0 aromatic carbocycles. The van der Waals surface area contributed by atoms with Crippen LogP contribution in [-0.4, -0.2) is 23.0 Å². The van der Waals surface area contributed by atoms with E-state index < -0.39 is 12.0 Å². The van der Waals surface area contributed by atoms with E-state index in [2.05, 4.69) is 4.98 Å². The van der Waals surface area contributed by atoms with E-state index in [0.29, 0.717) is 12.2 Å². The lowest BCUT2D eigenvalue weighted by Crippen LogP contribution is -2.33. The number of primary amides is 1. The lowest BCUT2D eigenvalue weighted by Gasteiger charge is -2.14. The van der Waals surface area contributed by atoms with Gasteiger partial charge in [0.1, 0.15) is 5.75 Å². The maximum Gasteiger partial charge on any atom is 0.258 e. The summed E-state index contributed by atoms with van der Waals surface area (Å²) in [6.07, 6.45) is 3.19. The highest BCUT2D eigenvalue weighted by Gasteiger charge is 2.14. The summed E-state index contributed by atoms with van der Waals surface area (Å²) in [4.78, 5) is 15.3. The summed E-state index contributed by atoms with van der Waals surface area (Å²) in [6.45, 7) is 3.89. The molecule has 1 aromatic rings. The van der Waals surface area contributed by atoms with Crippen molar-refractivity contribution in [1.29, 1.82) is 0 Å². The molecule has 0 bridgehead atoms. The van der Waals surface area contributed by atoms with Gasteiger partial charge in [-0.1, -0.05) is 13.8 Å². The smallest absolute Gasteiger partial charge is 0.258 e. The zero-order valence-electron chi connectivity index (χ0n) is 10.9. The van der Waals surface area contributed by atoms with E-state index in [1.165, 1.54) is 0 Å². The molecule has 5 heteroatoms. The number of pyridine rings is 1. The molecular weight excluding hydrogens is 230 g/mol. The highest BCUT2D eigenvalue weighted by molar-refractivity contribution is 5.79. The Morgan fingerprint density at radius 1 is 1.39 bits per heavy atom. The molecule has 2 atom stereocenters. The van der Waals surface area contributed by atoms with Crippen LogP contribution in [0, 0.1) is 0 Å². The van der Waals surface area contributed by atoms with E-state index in [9.17, 15) is 4.79 Å². The SMILES string of the molecule is CCC(N)Cc1ccc(OC(CC)C(N)=O)cn1. The molecule has 0 aliphatic heterocycles. The first-order valence-electron chi connectivity index (χ1n) is 6.23. The van der Waals surface area contributed by atoms with Gasteiger partial charge in [-0.2, -0.15) is 0 Å². The van der Waals surface area contributed by atoms with Crippen LogP contribution in [0.1, 0.15) is 32.4 Å². The molecule has 4 N–H and O–H groups in total. The third-order valence-corrected chi connectivity index (χ3v) is 2.76. The second kappa shape index (κ2) is 6.96. The third-order valence-electron chi connectivity index (χ3n) is 2.76. The van der Waals surface area contributed by atoms with E-state index in [1.807, 2.05) is 19.9 Å². The average Bonchev–Trinajstić information content (AvgIpc) is 2.37. The van der Waals surface area contributed by atoms with Crippen LogP contribution in [-0.2, 0) is 11.2 Å². The topological polar surface area (TPSA) is 91.2 Å². The minimum Gasteiger partial charge on any atom is -0.479 e. The molecular formula is C13H21N3O2. The third kappa shape index (κ3) is 4.33. The predicted molar refractivity (Wildman–Crippen MR) is 70.1 cm³/mol. The molecule has 1 amide bonds. The Hall–Kier alpha value is -1.62. The molecule has 0 fully saturated rings. The zero-order chi connectivity index (χ0) is 13.5. The summed E-state index contributed by atoms with van der Waals surface area (Å²) >= 11 is 0. The molecule has 0 aliphatic carbocycles. The van der Waals surface area contributed by atoms with Crippen molar-refractivity contribution in [3.05, 3.63) is 24.0 Å². The molecule has 0 radical (unpaired) electrons. The Kier molecular flexibility index (Phi) is 5.58. The Morgan fingerprint density at radius 3 is 2.56 bits per heavy atom. The van der Waals surface area contributed by atoms with Crippen molar-refractivity contribution < 1.29 is 9.53 Å². The molecule has 0 aliphatic rings. The number of ether oxygens (including phenoxy) is 1. The van der Waals surface area contributed by atoms with Crippen LogP contribution in [0.3, 0.4) is 0 Å². The number of rotatable bonds is 7. The Labute approximate surface area is 108 Å². The van der Waals surface area contributed by atoms with Gasteiger partial charge in [0.15, 0.2) is 6.10 Å². The monoisotopic (exact) mass is 251 g/mol. The zero-order valence-corrected chi connectivity index (χ0v) is 10.9. The minimum atomic E-state index is -0.601. The summed E-state index contributed by atoms with van der Waals surface area (Å²) in [5.41, 5.74) is 12.0. The molecule has 0 saturated carbocycles. The van der Waals surface area contributed by atoms with Gasteiger partial charge in [-0.25, -0.2) is 0 Å². The first kappa shape index (κ1) is 14.4. The van der Waals surface area contributed by atoms with Crippen molar-refractivity contribution in [3.8, 4) is 5.75 Å². The molecule has 1 rings (SSSR count). The van der Waals surface area contributed by atoms with Crippen molar-refractivity contribution >= 4 is 5.91 Å². The number of hydrogen-bond acceptors (Lipinski definition) is 4. The van der Waals surface area contributed by atoms with Crippen LogP contribution in [0.5, 0.6) is 5.75 Å². The largest absolute Gasteiger partial charge is 0.479 e. The number of nitrogens with zero attached hydrogens (tertiary/aromatic N) is 1. The fourth-order valence-corrected chi connectivity index (χ4v) is 1.52. The van der Waals surface area contributed by atoms with Crippen molar-refractivity contribution in [2.75, 3.05) is 0 Å². The summed E-state index contributed by atoms with van der Waals surface area (Å²) in [6, 6.07) is 3.77. The van der Waals surface area contributed by atoms with Gasteiger partial charge in [-0.05, 0) is 25.0 Å². The fraction of sp³-hybridized carbons (Fsp3) is 0.538. The molecule has 2 unspecified atom stereocenters. The van der Waals surface area contributed by atoms with Crippen molar-refractivity contribution in [1.82, 2.24) is 4.98 Å². The Bertz CT molecular complexity index is 378. The van der Waals surface area contributed by atoms with Crippen molar-refractivity contribution in [2.24, 2.45) is 11.5 Å².